The summed E-state index contributed by atoms with van der Waals surface area (Å²) in [5.74, 6) is 1.46. The fraction of sp³-hybridized carbons (Fsp3) is 0.421. The number of nitrogens with zero attached hydrogens (tertiary/aromatic N) is 1. The molecule has 0 aliphatic carbocycles. The van der Waals surface area contributed by atoms with Gasteiger partial charge in [-0.3, -0.25) is 0 Å². The molecular formula is C19H24N2O2S. The van der Waals surface area contributed by atoms with Crippen molar-refractivity contribution in [2.75, 3.05) is 13.7 Å². The maximum absolute atomic E-state index is 8.58. The summed E-state index contributed by atoms with van der Waals surface area (Å²) in [6.07, 6.45) is 2.32. The van der Waals surface area contributed by atoms with E-state index in [1.807, 2.05) is 29.5 Å². The molecule has 0 aliphatic heterocycles. The molecule has 2 rings (SSSR count). The summed E-state index contributed by atoms with van der Waals surface area (Å²) in [5.41, 5.74) is 1.15. The molecule has 0 radical (unpaired) electrons. The second-order valence-corrected chi connectivity index (χ2v) is 6.67. The van der Waals surface area contributed by atoms with Crippen LogP contribution < -0.4 is 14.8 Å². The lowest BCUT2D eigenvalue weighted by Crippen LogP contribution is -2.12. The zero-order valence-electron chi connectivity index (χ0n) is 14.3. The molecule has 4 nitrogen and oxygen atoms in total. The molecule has 0 fully saturated rings. The molecule has 5 heteroatoms. The van der Waals surface area contributed by atoms with E-state index < -0.39 is 0 Å². The first-order valence-corrected chi connectivity index (χ1v) is 9.03. The number of ether oxygens (including phenoxy) is 2. The van der Waals surface area contributed by atoms with Gasteiger partial charge in [0.25, 0.3) is 0 Å². The van der Waals surface area contributed by atoms with E-state index in [-0.39, 0.29) is 0 Å². The average Bonchev–Trinajstić information content (AvgIpc) is 3.07. The topological polar surface area (TPSA) is 54.3 Å². The van der Waals surface area contributed by atoms with Crippen LogP contribution in [0.15, 0.2) is 30.3 Å². The Bertz CT molecular complexity index is 676. The first kappa shape index (κ1) is 18.3. The monoisotopic (exact) mass is 344 g/mol. The number of unbranched alkanes of at least 4 members (excludes halogenated alkanes) is 1. The van der Waals surface area contributed by atoms with Crippen LogP contribution in [0.4, 0.5) is 0 Å². The maximum atomic E-state index is 8.58. The molecule has 0 unspecified atom stereocenters. The van der Waals surface area contributed by atoms with Gasteiger partial charge in [-0.15, -0.1) is 11.3 Å². The quantitative estimate of drug-likeness (QED) is 0.653. The maximum Gasteiger partial charge on any atom is 0.161 e. The van der Waals surface area contributed by atoms with Crippen LogP contribution in [0.1, 0.15) is 35.1 Å². The molecule has 0 saturated carbocycles. The van der Waals surface area contributed by atoms with Crippen molar-refractivity contribution in [2.24, 2.45) is 0 Å². The lowest BCUT2D eigenvalue weighted by atomic mass is 10.2. The molecule has 0 aliphatic rings. The number of nitriles is 1. The average molecular weight is 344 g/mol. The molecule has 1 N–H and O–H groups in total. The van der Waals surface area contributed by atoms with Gasteiger partial charge in [0.1, 0.15) is 0 Å². The van der Waals surface area contributed by atoms with Crippen molar-refractivity contribution in [1.29, 1.82) is 5.26 Å². The van der Waals surface area contributed by atoms with Crippen molar-refractivity contribution in [3.63, 3.8) is 0 Å². The Hall–Kier alpha value is -2.03. The highest BCUT2D eigenvalue weighted by Gasteiger charge is 2.06. The number of aryl methyl sites for hydroxylation is 1. The summed E-state index contributed by atoms with van der Waals surface area (Å²) in [5, 5.41) is 12.0. The molecule has 0 bridgehead atoms. The molecule has 0 amide bonds. The van der Waals surface area contributed by atoms with Gasteiger partial charge >= 0.3 is 0 Å². The van der Waals surface area contributed by atoms with Crippen LogP contribution in [0.2, 0.25) is 0 Å². The van der Waals surface area contributed by atoms with E-state index in [4.69, 9.17) is 14.7 Å². The van der Waals surface area contributed by atoms with Gasteiger partial charge in [0.2, 0.25) is 0 Å². The molecule has 0 spiro atoms. The van der Waals surface area contributed by atoms with E-state index >= 15 is 0 Å². The number of nitrogens with one attached hydrogen (secondary N) is 1. The molecule has 1 aromatic carbocycles. The second kappa shape index (κ2) is 9.96. The van der Waals surface area contributed by atoms with Crippen molar-refractivity contribution in [3.8, 4) is 17.6 Å². The first-order valence-electron chi connectivity index (χ1n) is 8.21. The molecule has 1 heterocycles. The van der Waals surface area contributed by atoms with Gasteiger partial charge in [-0.1, -0.05) is 13.0 Å². The lowest BCUT2D eigenvalue weighted by Gasteiger charge is -2.12. The molecule has 2 aromatic rings. The number of thiophene rings is 1. The Morgan fingerprint density at radius 1 is 1.12 bits per heavy atom. The Kier molecular flexibility index (Phi) is 7.60. The van der Waals surface area contributed by atoms with Crippen LogP contribution in [-0.4, -0.2) is 13.7 Å². The van der Waals surface area contributed by atoms with Crippen molar-refractivity contribution in [3.05, 3.63) is 45.6 Å². The number of hydrogen-bond acceptors (Lipinski definition) is 5. The van der Waals surface area contributed by atoms with Crippen molar-refractivity contribution in [1.82, 2.24) is 5.32 Å². The summed E-state index contributed by atoms with van der Waals surface area (Å²) in [6, 6.07) is 12.5. The van der Waals surface area contributed by atoms with Gasteiger partial charge in [-0.25, -0.2) is 0 Å². The third-order valence-corrected chi connectivity index (χ3v) is 4.84. The fourth-order valence-electron chi connectivity index (χ4n) is 2.31. The predicted octanol–water partition coefficient (Wildman–Crippen LogP) is 4.29. The summed E-state index contributed by atoms with van der Waals surface area (Å²) >= 11 is 1.86. The zero-order chi connectivity index (χ0) is 17.2. The highest BCUT2D eigenvalue weighted by atomic mass is 32.1. The van der Waals surface area contributed by atoms with E-state index in [9.17, 15) is 0 Å². The second-order valence-electron chi connectivity index (χ2n) is 5.42. The van der Waals surface area contributed by atoms with Crippen LogP contribution in [0, 0.1) is 11.3 Å². The standard InChI is InChI=1S/C19H24N2O2S/c1-3-16-7-8-17(24-16)14-21-13-15-6-9-18(22-2)19(12-15)23-11-5-4-10-20/h6-9,12,21H,3-5,11,13-14H2,1-2H3. The van der Waals surface area contributed by atoms with E-state index in [0.717, 1.165) is 43.0 Å². The minimum absolute atomic E-state index is 0.504. The van der Waals surface area contributed by atoms with Gasteiger partial charge in [-0.2, -0.15) is 5.26 Å². The predicted molar refractivity (Wildman–Crippen MR) is 97.6 cm³/mol. The third kappa shape index (κ3) is 5.55. The summed E-state index contributed by atoms with van der Waals surface area (Å²) < 4.78 is 11.1. The van der Waals surface area contributed by atoms with Gasteiger partial charge < -0.3 is 14.8 Å². The van der Waals surface area contributed by atoms with Crippen LogP contribution in [0.5, 0.6) is 11.5 Å². The largest absolute Gasteiger partial charge is 0.493 e. The summed E-state index contributed by atoms with van der Waals surface area (Å²) in [7, 11) is 1.64. The SMILES string of the molecule is CCc1ccc(CNCc2ccc(OC)c(OCCCC#N)c2)s1. The van der Waals surface area contributed by atoms with Crippen LogP contribution in [0.3, 0.4) is 0 Å². The number of rotatable bonds is 10. The summed E-state index contributed by atoms with van der Waals surface area (Å²) in [6.45, 7) is 4.35. The van der Waals surface area contributed by atoms with Gasteiger partial charge in [0.15, 0.2) is 11.5 Å². The molecule has 24 heavy (non-hydrogen) atoms. The Morgan fingerprint density at radius 3 is 2.67 bits per heavy atom. The Balaban J connectivity index is 1.88. The fourth-order valence-corrected chi connectivity index (χ4v) is 3.24. The van der Waals surface area contributed by atoms with E-state index in [1.165, 1.54) is 9.75 Å². The Morgan fingerprint density at radius 2 is 1.96 bits per heavy atom. The molecular weight excluding hydrogens is 320 g/mol. The molecule has 128 valence electrons. The van der Waals surface area contributed by atoms with Crippen LogP contribution in [0.25, 0.3) is 0 Å². The third-order valence-electron chi connectivity index (χ3n) is 3.61. The van der Waals surface area contributed by atoms with E-state index in [2.05, 4.69) is 30.4 Å². The van der Waals surface area contributed by atoms with Crippen molar-refractivity contribution < 1.29 is 9.47 Å². The highest BCUT2D eigenvalue weighted by molar-refractivity contribution is 7.11. The summed E-state index contributed by atoms with van der Waals surface area (Å²) in [4.78, 5) is 2.78. The number of hydrogen-bond donors (Lipinski definition) is 1. The number of methoxy groups -OCH3 is 1. The van der Waals surface area contributed by atoms with E-state index in [0.29, 0.717) is 13.0 Å². The normalized spacial score (nSPS) is 10.4. The minimum Gasteiger partial charge on any atom is -0.493 e. The van der Waals surface area contributed by atoms with Gasteiger partial charge in [0, 0.05) is 29.3 Å². The van der Waals surface area contributed by atoms with Crippen molar-refractivity contribution in [2.45, 2.75) is 39.3 Å². The van der Waals surface area contributed by atoms with Gasteiger partial charge in [0.05, 0.1) is 19.8 Å². The Labute approximate surface area is 148 Å². The zero-order valence-corrected chi connectivity index (χ0v) is 15.1. The molecule has 1 aromatic heterocycles. The smallest absolute Gasteiger partial charge is 0.161 e. The first-order chi connectivity index (χ1) is 11.8. The molecule has 0 atom stereocenters. The van der Waals surface area contributed by atoms with Crippen molar-refractivity contribution >= 4 is 11.3 Å². The van der Waals surface area contributed by atoms with Crippen LogP contribution >= 0.6 is 11.3 Å². The minimum atomic E-state index is 0.504. The highest BCUT2D eigenvalue weighted by Crippen LogP contribution is 2.28. The van der Waals surface area contributed by atoms with E-state index in [1.54, 1.807) is 7.11 Å². The molecule has 0 saturated heterocycles. The lowest BCUT2D eigenvalue weighted by molar-refractivity contribution is 0.290. The number of benzene rings is 1. The van der Waals surface area contributed by atoms with Gasteiger partial charge in [-0.05, 0) is 42.7 Å². The van der Waals surface area contributed by atoms with Crippen LogP contribution in [-0.2, 0) is 19.5 Å².